The van der Waals surface area contributed by atoms with Crippen LogP contribution < -0.4 is 0 Å². The molecule has 0 aliphatic carbocycles. The summed E-state index contributed by atoms with van der Waals surface area (Å²) < 4.78 is 1.29. The first kappa shape index (κ1) is 9.48. The molecule has 1 aliphatic rings. The SMILES string of the molecule is CC1(C)CC([SiH3])([SiH3])[N+](C)(C)C1. The standard InChI is InChI=1S/C8H22NSi2/c1-7(2)5-8(10,11)9(3,4)6-7/h5-6H2,1-4,10-11H3/q+1. The summed E-state index contributed by atoms with van der Waals surface area (Å²) in [5.74, 6) is 0. The highest BCUT2D eigenvalue weighted by atomic mass is 28.2. The van der Waals surface area contributed by atoms with Gasteiger partial charge in [0.05, 0.1) is 41.1 Å². The highest BCUT2D eigenvalue weighted by molar-refractivity contribution is 6.39. The average molecular weight is 188 g/mol. The molecule has 0 aromatic rings. The van der Waals surface area contributed by atoms with Crippen LogP contribution in [0.15, 0.2) is 0 Å². The molecule has 1 nitrogen and oxygen atoms in total. The van der Waals surface area contributed by atoms with E-state index in [4.69, 9.17) is 0 Å². The summed E-state index contributed by atoms with van der Waals surface area (Å²) in [5, 5.41) is 0. The van der Waals surface area contributed by atoms with E-state index in [1.807, 2.05) is 0 Å². The van der Waals surface area contributed by atoms with E-state index >= 15 is 0 Å². The molecule has 0 amide bonds. The summed E-state index contributed by atoms with van der Waals surface area (Å²) in [6.07, 6.45) is 1.46. The maximum atomic E-state index is 2.42. The largest absolute Gasteiger partial charge is 0.332 e. The predicted molar refractivity (Wildman–Crippen MR) is 58.0 cm³/mol. The zero-order valence-electron chi connectivity index (χ0n) is 8.86. The maximum absolute atomic E-state index is 2.42. The normalized spacial score (nSPS) is 41.5. The molecular formula is C8H22NSi2+. The Labute approximate surface area is 76.6 Å². The van der Waals surface area contributed by atoms with E-state index in [-0.39, 0.29) is 0 Å². The van der Waals surface area contributed by atoms with Crippen molar-refractivity contribution in [2.75, 3.05) is 20.6 Å². The molecule has 1 rings (SSSR count). The van der Waals surface area contributed by atoms with Crippen molar-refractivity contribution in [3.63, 3.8) is 0 Å². The lowest BCUT2D eigenvalue weighted by molar-refractivity contribution is -0.903. The zero-order valence-corrected chi connectivity index (χ0v) is 12.9. The maximum Gasteiger partial charge on any atom is 0.0834 e. The Hall–Kier alpha value is 0.394. The number of hydrogen-bond acceptors (Lipinski definition) is 0. The van der Waals surface area contributed by atoms with Gasteiger partial charge in [-0.2, -0.15) is 0 Å². The quantitative estimate of drug-likeness (QED) is 0.334. The molecule has 1 heterocycles. The summed E-state index contributed by atoms with van der Waals surface area (Å²) >= 11 is 0. The highest BCUT2D eigenvalue weighted by Gasteiger charge is 2.50. The molecule has 11 heavy (non-hydrogen) atoms. The van der Waals surface area contributed by atoms with Gasteiger partial charge in [-0.05, 0) is 0 Å². The van der Waals surface area contributed by atoms with Gasteiger partial charge in [0.1, 0.15) is 0 Å². The van der Waals surface area contributed by atoms with Crippen molar-refractivity contribution in [3.8, 4) is 0 Å². The third kappa shape index (κ3) is 1.60. The summed E-state index contributed by atoms with van der Waals surface area (Å²) in [6.45, 7) is 6.22. The van der Waals surface area contributed by atoms with Gasteiger partial charge in [-0.25, -0.2) is 0 Å². The molecule has 0 radical (unpaired) electrons. The third-order valence-corrected chi connectivity index (χ3v) is 6.50. The second-order valence-electron chi connectivity index (χ2n) is 6.00. The molecule has 0 unspecified atom stereocenters. The van der Waals surface area contributed by atoms with Gasteiger partial charge in [-0.3, -0.25) is 0 Å². The first-order valence-corrected chi connectivity index (χ1v) is 6.49. The van der Waals surface area contributed by atoms with E-state index in [0.29, 0.717) is 5.41 Å². The Bertz CT molecular complexity index is 155. The van der Waals surface area contributed by atoms with Crippen molar-refractivity contribution in [1.82, 2.24) is 0 Å². The number of likely N-dealkylation sites (tertiary alicyclic amines) is 1. The van der Waals surface area contributed by atoms with E-state index in [2.05, 4.69) is 27.9 Å². The van der Waals surface area contributed by atoms with Crippen LogP contribution in [0.4, 0.5) is 0 Å². The Morgan fingerprint density at radius 1 is 1.18 bits per heavy atom. The Morgan fingerprint density at radius 2 is 1.64 bits per heavy atom. The molecule has 0 N–H and O–H groups in total. The van der Waals surface area contributed by atoms with Gasteiger partial charge in [0, 0.05) is 16.6 Å². The van der Waals surface area contributed by atoms with E-state index in [1.165, 1.54) is 37.9 Å². The first-order chi connectivity index (χ1) is 4.66. The molecule has 0 aromatic carbocycles. The van der Waals surface area contributed by atoms with Crippen LogP contribution in [-0.2, 0) is 0 Å². The highest BCUT2D eigenvalue weighted by Crippen LogP contribution is 2.40. The molecule has 3 heteroatoms. The van der Waals surface area contributed by atoms with Crippen LogP contribution in [0.5, 0.6) is 0 Å². The minimum atomic E-state index is 0.604. The van der Waals surface area contributed by atoms with Crippen molar-refractivity contribution in [1.29, 1.82) is 0 Å². The molecule has 66 valence electrons. The monoisotopic (exact) mass is 188 g/mol. The summed E-state index contributed by atoms with van der Waals surface area (Å²) in [4.78, 5) is 0.740. The van der Waals surface area contributed by atoms with E-state index in [1.54, 1.807) is 0 Å². The van der Waals surface area contributed by atoms with Crippen LogP contribution >= 0.6 is 0 Å². The Morgan fingerprint density at radius 3 is 1.73 bits per heavy atom. The fraction of sp³-hybridized carbons (Fsp3) is 1.00. The summed E-state index contributed by atoms with van der Waals surface area (Å²) in [5.41, 5.74) is 0.604. The number of rotatable bonds is 0. The molecule has 1 saturated heterocycles. The van der Waals surface area contributed by atoms with Gasteiger partial charge in [0.2, 0.25) is 0 Å². The van der Waals surface area contributed by atoms with Crippen LogP contribution in [0.25, 0.3) is 0 Å². The molecule has 1 fully saturated rings. The fourth-order valence-corrected chi connectivity index (χ4v) is 4.96. The molecule has 0 spiro atoms. The second-order valence-corrected chi connectivity index (χ2v) is 12.3. The van der Waals surface area contributed by atoms with Gasteiger partial charge in [-0.1, -0.05) is 13.8 Å². The number of quaternary nitrogens is 1. The zero-order chi connectivity index (χ0) is 8.91. The van der Waals surface area contributed by atoms with Crippen molar-refractivity contribution >= 4 is 20.5 Å². The van der Waals surface area contributed by atoms with Crippen LogP contribution in [0.1, 0.15) is 20.3 Å². The van der Waals surface area contributed by atoms with Crippen LogP contribution in [0, 0.1) is 5.41 Å². The molecular weight excluding hydrogens is 166 g/mol. The fourth-order valence-electron chi connectivity index (χ4n) is 2.73. The third-order valence-electron chi connectivity index (χ3n) is 3.37. The van der Waals surface area contributed by atoms with Gasteiger partial charge in [0.25, 0.3) is 0 Å². The molecule has 1 aliphatic heterocycles. The molecule has 0 saturated carbocycles. The van der Waals surface area contributed by atoms with Crippen molar-refractivity contribution in [2.45, 2.75) is 25.1 Å². The minimum Gasteiger partial charge on any atom is -0.332 e. The van der Waals surface area contributed by atoms with Gasteiger partial charge in [-0.15, -0.1) is 0 Å². The number of hydrogen-bond donors (Lipinski definition) is 0. The summed E-state index contributed by atoms with van der Waals surface area (Å²) in [6, 6.07) is 0. The van der Waals surface area contributed by atoms with Gasteiger partial charge < -0.3 is 4.48 Å². The predicted octanol–water partition coefficient (Wildman–Crippen LogP) is -1.12. The van der Waals surface area contributed by atoms with Gasteiger partial charge in [0.15, 0.2) is 0 Å². The van der Waals surface area contributed by atoms with Crippen LogP contribution in [0.2, 0.25) is 0 Å². The van der Waals surface area contributed by atoms with E-state index < -0.39 is 0 Å². The van der Waals surface area contributed by atoms with Crippen molar-refractivity contribution < 1.29 is 4.48 Å². The summed E-state index contributed by atoms with van der Waals surface area (Å²) in [7, 11) is 7.57. The average Bonchev–Trinajstić information content (AvgIpc) is 1.66. The lowest BCUT2D eigenvalue weighted by Gasteiger charge is -2.39. The molecule has 0 bridgehead atoms. The lowest BCUT2D eigenvalue weighted by atomic mass is 9.93. The topological polar surface area (TPSA) is 0 Å². The lowest BCUT2D eigenvalue weighted by Crippen LogP contribution is -2.56. The number of nitrogens with zero attached hydrogens (tertiary/aromatic N) is 1. The van der Waals surface area contributed by atoms with Crippen molar-refractivity contribution in [2.24, 2.45) is 5.41 Å². The van der Waals surface area contributed by atoms with E-state index in [9.17, 15) is 0 Å². The van der Waals surface area contributed by atoms with Crippen LogP contribution in [-0.4, -0.2) is 50.4 Å². The molecule has 0 aromatic heterocycles. The minimum absolute atomic E-state index is 0.604. The van der Waals surface area contributed by atoms with E-state index in [0.717, 1.165) is 4.79 Å². The second kappa shape index (κ2) is 2.21. The van der Waals surface area contributed by atoms with Crippen molar-refractivity contribution in [3.05, 3.63) is 0 Å². The molecule has 0 atom stereocenters. The Kier molecular flexibility index (Phi) is 1.90. The Balaban J connectivity index is 2.89. The first-order valence-electron chi connectivity index (χ1n) is 4.49. The smallest absolute Gasteiger partial charge is 0.0834 e. The van der Waals surface area contributed by atoms with Crippen LogP contribution in [0.3, 0.4) is 0 Å². The van der Waals surface area contributed by atoms with Gasteiger partial charge >= 0.3 is 0 Å².